The molecule has 2 saturated heterocycles. The number of ketones is 2. The van der Waals surface area contributed by atoms with Crippen LogP contribution in [0.1, 0.15) is 42.1 Å². The Bertz CT molecular complexity index is 1800. The number of rotatable bonds is 9. The SMILES string of the molecule is CSCc1cc(F)c(Br)nc1NC(=O)[C@H]1C[C@]2(C)CN2C1C(=O)Cn1nc(C(C)=O)c2cc(-c3cnc(C)nc3)ccc21. The first-order chi connectivity index (χ1) is 20.5. The number of aromatic nitrogens is 5. The Hall–Kier alpha value is -3.55. The molecule has 0 radical (unpaired) electrons. The Morgan fingerprint density at radius 2 is 1.93 bits per heavy atom. The first kappa shape index (κ1) is 29.5. The van der Waals surface area contributed by atoms with Crippen LogP contribution in [-0.2, 0) is 21.9 Å². The van der Waals surface area contributed by atoms with E-state index in [1.165, 1.54) is 24.8 Å². The van der Waals surface area contributed by atoms with Crippen molar-refractivity contribution < 1.29 is 18.8 Å². The van der Waals surface area contributed by atoms with E-state index in [-0.39, 0.29) is 45.7 Å². The molecule has 0 aliphatic carbocycles. The van der Waals surface area contributed by atoms with E-state index in [0.29, 0.717) is 41.0 Å². The summed E-state index contributed by atoms with van der Waals surface area (Å²) in [7, 11) is 0. The van der Waals surface area contributed by atoms with Crippen LogP contribution in [-0.4, -0.2) is 71.5 Å². The van der Waals surface area contributed by atoms with Crippen molar-refractivity contribution in [3.05, 3.63) is 64.2 Å². The molecule has 3 aromatic heterocycles. The summed E-state index contributed by atoms with van der Waals surface area (Å²) in [5, 5.41) is 8.04. The molecule has 4 aromatic rings. The number of benzene rings is 1. The second kappa shape index (κ2) is 11.2. The summed E-state index contributed by atoms with van der Waals surface area (Å²) in [4.78, 5) is 54.9. The number of hydrogen-bond acceptors (Lipinski definition) is 9. The monoisotopic (exact) mass is 665 g/mol. The zero-order valence-electron chi connectivity index (χ0n) is 24.0. The van der Waals surface area contributed by atoms with Gasteiger partial charge >= 0.3 is 0 Å². The lowest BCUT2D eigenvalue weighted by Gasteiger charge is -2.22. The van der Waals surface area contributed by atoms with E-state index in [1.54, 1.807) is 17.1 Å². The van der Waals surface area contributed by atoms with Gasteiger partial charge in [0.1, 0.15) is 28.5 Å². The summed E-state index contributed by atoms with van der Waals surface area (Å²) in [6.45, 7) is 5.91. The molecule has 1 aromatic carbocycles. The molecule has 5 heterocycles. The van der Waals surface area contributed by atoms with Crippen molar-refractivity contribution in [2.24, 2.45) is 5.92 Å². The lowest BCUT2D eigenvalue weighted by atomic mass is 9.90. The molecular weight excluding hydrogens is 637 g/mol. The van der Waals surface area contributed by atoms with Crippen LogP contribution in [0.25, 0.3) is 22.0 Å². The average Bonchev–Trinajstić information content (AvgIpc) is 3.33. The maximum absolute atomic E-state index is 14.2. The maximum Gasteiger partial charge on any atom is 0.230 e. The minimum absolute atomic E-state index is 0.00941. The second-order valence-electron chi connectivity index (χ2n) is 11.4. The number of carbonyl (C=O) groups excluding carboxylic acids is 3. The molecule has 2 aliphatic heterocycles. The van der Waals surface area contributed by atoms with Crippen LogP contribution < -0.4 is 5.32 Å². The number of aryl methyl sites for hydroxylation is 1. The van der Waals surface area contributed by atoms with Crippen LogP contribution in [0.4, 0.5) is 10.2 Å². The van der Waals surface area contributed by atoms with Crippen molar-refractivity contribution in [2.75, 3.05) is 18.1 Å². The lowest BCUT2D eigenvalue weighted by molar-refractivity contribution is -0.129. The van der Waals surface area contributed by atoms with Crippen LogP contribution in [0, 0.1) is 18.7 Å². The summed E-state index contributed by atoms with van der Waals surface area (Å²) in [5.41, 5.74) is 2.86. The van der Waals surface area contributed by atoms with Gasteiger partial charge in [-0.3, -0.25) is 24.0 Å². The zero-order valence-corrected chi connectivity index (χ0v) is 26.4. The predicted octanol–water partition coefficient (Wildman–Crippen LogP) is 4.83. The molecule has 0 spiro atoms. The molecule has 6 rings (SSSR count). The number of Topliss-reactive ketones (excluding diaryl/α,β-unsaturated/α-hetero) is 2. The highest BCUT2D eigenvalue weighted by molar-refractivity contribution is 9.10. The highest BCUT2D eigenvalue weighted by Gasteiger charge is 2.64. The van der Waals surface area contributed by atoms with Crippen LogP contribution in [0.2, 0.25) is 0 Å². The number of halogens is 2. The van der Waals surface area contributed by atoms with Gasteiger partial charge in [-0.1, -0.05) is 6.07 Å². The van der Waals surface area contributed by atoms with Gasteiger partial charge in [-0.2, -0.15) is 16.9 Å². The molecule has 222 valence electrons. The van der Waals surface area contributed by atoms with Gasteiger partial charge < -0.3 is 5.32 Å². The molecule has 2 fully saturated rings. The fourth-order valence-electron chi connectivity index (χ4n) is 5.99. The predicted molar refractivity (Wildman–Crippen MR) is 165 cm³/mol. The average molecular weight is 667 g/mol. The third-order valence-corrected chi connectivity index (χ3v) is 9.36. The van der Waals surface area contributed by atoms with Crippen LogP contribution >= 0.6 is 27.7 Å². The number of hydrogen-bond donors (Lipinski definition) is 1. The third kappa shape index (κ3) is 5.49. The number of nitrogens with zero attached hydrogens (tertiary/aromatic N) is 6. The van der Waals surface area contributed by atoms with Crippen molar-refractivity contribution in [3.8, 4) is 11.1 Å². The fraction of sp³-hybridized carbons (Fsp3) is 0.367. The fourth-order valence-corrected chi connectivity index (χ4v) is 6.82. The Balaban J connectivity index is 1.28. The number of piperidine rings is 1. The normalized spacial score (nSPS) is 22.4. The first-order valence-corrected chi connectivity index (χ1v) is 15.9. The quantitative estimate of drug-likeness (QED) is 0.152. The van der Waals surface area contributed by atoms with E-state index < -0.39 is 17.8 Å². The minimum Gasteiger partial charge on any atom is -0.310 e. The Morgan fingerprint density at radius 3 is 2.63 bits per heavy atom. The number of fused-ring (bicyclic) bond motifs is 2. The molecule has 2 aliphatic rings. The Morgan fingerprint density at radius 1 is 1.19 bits per heavy atom. The highest BCUT2D eigenvalue weighted by atomic mass is 79.9. The van der Waals surface area contributed by atoms with Crippen LogP contribution in [0.5, 0.6) is 0 Å². The van der Waals surface area contributed by atoms with Gasteiger partial charge in [0, 0.05) is 53.7 Å². The number of amides is 1. The molecule has 13 heteroatoms. The van der Waals surface area contributed by atoms with Crippen LogP contribution in [0.15, 0.2) is 41.3 Å². The molecular formula is C30H29BrFN7O3S. The summed E-state index contributed by atoms with van der Waals surface area (Å²) in [6, 6.07) is 6.28. The van der Waals surface area contributed by atoms with Gasteiger partial charge in [0.15, 0.2) is 17.4 Å². The third-order valence-electron chi connectivity index (χ3n) is 8.20. The molecule has 43 heavy (non-hydrogen) atoms. The first-order valence-electron chi connectivity index (χ1n) is 13.7. The van der Waals surface area contributed by atoms with E-state index >= 15 is 0 Å². The molecule has 2 unspecified atom stereocenters. The molecule has 0 bridgehead atoms. The number of anilines is 1. The van der Waals surface area contributed by atoms with Crippen molar-refractivity contribution in [1.29, 1.82) is 0 Å². The van der Waals surface area contributed by atoms with Gasteiger partial charge in [0.2, 0.25) is 5.91 Å². The second-order valence-corrected chi connectivity index (χ2v) is 13.0. The van der Waals surface area contributed by atoms with Gasteiger partial charge in [0.05, 0.1) is 17.5 Å². The van der Waals surface area contributed by atoms with Gasteiger partial charge in [0.25, 0.3) is 0 Å². The molecule has 0 saturated carbocycles. The highest BCUT2D eigenvalue weighted by Crippen LogP contribution is 2.50. The number of pyridine rings is 1. The van der Waals surface area contributed by atoms with Gasteiger partial charge in [-0.05, 0) is 66.2 Å². The van der Waals surface area contributed by atoms with E-state index in [9.17, 15) is 18.8 Å². The largest absolute Gasteiger partial charge is 0.310 e. The van der Waals surface area contributed by atoms with E-state index in [0.717, 1.165) is 11.1 Å². The summed E-state index contributed by atoms with van der Waals surface area (Å²) < 4.78 is 15.7. The number of carbonyl (C=O) groups is 3. The van der Waals surface area contributed by atoms with Crippen molar-refractivity contribution in [3.63, 3.8) is 0 Å². The van der Waals surface area contributed by atoms with Crippen molar-refractivity contribution in [1.82, 2.24) is 29.6 Å². The number of nitrogens with one attached hydrogen (secondary N) is 1. The minimum atomic E-state index is -0.665. The molecule has 1 N–H and O–H groups in total. The maximum atomic E-state index is 14.2. The zero-order chi connectivity index (χ0) is 30.6. The smallest absolute Gasteiger partial charge is 0.230 e. The molecule has 1 amide bonds. The molecule has 4 atom stereocenters. The van der Waals surface area contributed by atoms with Crippen molar-refractivity contribution in [2.45, 2.75) is 51.1 Å². The number of thioether (sulfide) groups is 1. The van der Waals surface area contributed by atoms with E-state index in [4.69, 9.17) is 0 Å². The van der Waals surface area contributed by atoms with Crippen LogP contribution in [0.3, 0.4) is 0 Å². The standard InChI is InChI=1S/C30H29BrFN7O3S/c1-15(40)25-20-7-17(19-10-33-16(2)34-11-19)5-6-23(20)39(37-25)12-24(41)26-21(9-30(3)14-38(26)30)29(42)36-28-18(13-43-4)8-22(32)27(31)35-28/h5-8,10-11,21,26H,9,12-14H2,1-4H3,(H,35,36,42)/t21-,26?,30+,38?/m0/s1. The summed E-state index contributed by atoms with van der Waals surface area (Å²) in [6.07, 6.45) is 5.84. The lowest BCUT2D eigenvalue weighted by Crippen LogP contribution is -2.41. The summed E-state index contributed by atoms with van der Waals surface area (Å²) >= 11 is 4.59. The van der Waals surface area contributed by atoms with Gasteiger partial charge in [-0.25, -0.2) is 19.3 Å². The van der Waals surface area contributed by atoms with Gasteiger partial charge in [-0.15, -0.1) is 0 Å². The van der Waals surface area contributed by atoms with E-state index in [2.05, 4.69) is 41.3 Å². The Kier molecular flexibility index (Phi) is 7.68. The Labute approximate surface area is 260 Å². The summed E-state index contributed by atoms with van der Waals surface area (Å²) in [5.74, 6) is -0.457. The van der Waals surface area contributed by atoms with Crippen molar-refractivity contribution >= 4 is 61.9 Å². The topological polar surface area (TPSA) is 123 Å². The molecule has 10 nitrogen and oxygen atoms in total. The van der Waals surface area contributed by atoms with E-state index in [1.807, 2.05) is 43.2 Å².